The summed E-state index contributed by atoms with van der Waals surface area (Å²) < 4.78 is 7.63. The van der Waals surface area contributed by atoms with Crippen molar-refractivity contribution < 1.29 is 19.1 Å². The number of amides is 3. The second-order valence-corrected chi connectivity index (χ2v) is 12.4. The van der Waals surface area contributed by atoms with E-state index in [4.69, 9.17) is 4.74 Å². The number of nitrogens with zero attached hydrogens (tertiary/aromatic N) is 2. The van der Waals surface area contributed by atoms with Crippen molar-refractivity contribution in [3.8, 4) is 11.3 Å². The Hall–Kier alpha value is -3.68. The zero-order valence-corrected chi connectivity index (χ0v) is 23.9. The first kappa shape index (κ1) is 26.9. The maximum Gasteiger partial charge on any atom is 0.419 e. The van der Waals surface area contributed by atoms with Crippen LogP contribution >= 0.6 is 0 Å². The third-order valence-corrected chi connectivity index (χ3v) is 7.86. The number of aromatic nitrogens is 2. The lowest BCUT2D eigenvalue weighted by molar-refractivity contribution is -0.125. The maximum absolute atomic E-state index is 13.7. The largest absolute Gasteiger partial charge is 0.443 e. The standard InChI is InChI=1S/C31H38N4O4/c1-17(2)25-23-16-21(20-10-12-31(13-11-20)27(36)33-28(37)34-31)8-9-24(23)35(29(38)39-30(5,6)7)26(25)22-14-18(3)32-19(4)15-22/h8-9,14-17,20H,10-13H2,1-7H3,(H2,33,34,36,37). The molecule has 1 saturated heterocycles. The van der Waals surface area contributed by atoms with Gasteiger partial charge in [0.15, 0.2) is 0 Å². The minimum absolute atomic E-state index is 0.141. The molecule has 3 heterocycles. The van der Waals surface area contributed by atoms with Crippen molar-refractivity contribution in [1.82, 2.24) is 20.2 Å². The Bertz CT molecular complexity index is 1470. The lowest BCUT2D eigenvalue weighted by Gasteiger charge is -2.34. The molecular weight excluding hydrogens is 492 g/mol. The fourth-order valence-electron chi connectivity index (χ4n) is 6.25. The van der Waals surface area contributed by atoms with Crippen molar-refractivity contribution in [2.75, 3.05) is 0 Å². The van der Waals surface area contributed by atoms with Crippen LogP contribution in [0.4, 0.5) is 9.59 Å². The van der Waals surface area contributed by atoms with Crippen LogP contribution in [0.5, 0.6) is 0 Å². The molecule has 1 saturated carbocycles. The van der Waals surface area contributed by atoms with Crippen LogP contribution < -0.4 is 10.6 Å². The molecule has 0 atom stereocenters. The van der Waals surface area contributed by atoms with Gasteiger partial charge in [-0.3, -0.25) is 15.1 Å². The first-order chi connectivity index (χ1) is 18.3. The number of rotatable bonds is 3. The second-order valence-electron chi connectivity index (χ2n) is 12.4. The first-order valence-electron chi connectivity index (χ1n) is 13.8. The summed E-state index contributed by atoms with van der Waals surface area (Å²) in [4.78, 5) is 42.5. The van der Waals surface area contributed by atoms with Gasteiger partial charge in [-0.2, -0.15) is 0 Å². The molecule has 206 valence electrons. The summed E-state index contributed by atoms with van der Waals surface area (Å²) in [5.74, 6) is 0.178. The van der Waals surface area contributed by atoms with E-state index in [9.17, 15) is 14.4 Å². The van der Waals surface area contributed by atoms with E-state index in [1.807, 2.05) is 52.8 Å². The molecule has 2 aromatic heterocycles. The van der Waals surface area contributed by atoms with Crippen LogP contribution in [0.3, 0.4) is 0 Å². The number of hydrogen-bond acceptors (Lipinski definition) is 5. The molecule has 8 nitrogen and oxygen atoms in total. The van der Waals surface area contributed by atoms with Gasteiger partial charge in [-0.15, -0.1) is 0 Å². The molecule has 0 radical (unpaired) electrons. The van der Waals surface area contributed by atoms with Crippen molar-refractivity contribution in [3.05, 3.63) is 52.8 Å². The van der Waals surface area contributed by atoms with E-state index in [-0.39, 0.29) is 17.7 Å². The van der Waals surface area contributed by atoms with Crippen LogP contribution in [-0.4, -0.2) is 38.7 Å². The second kappa shape index (κ2) is 9.50. The molecule has 1 spiro atoms. The van der Waals surface area contributed by atoms with Crippen molar-refractivity contribution in [3.63, 3.8) is 0 Å². The van der Waals surface area contributed by atoms with Gasteiger partial charge in [-0.05, 0) is 108 Å². The van der Waals surface area contributed by atoms with Gasteiger partial charge in [0.25, 0.3) is 5.91 Å². The van der Waals surface area contributed by atoms with Crippen molar-refractivity contribution in [2.45, 2.75) is 97.1 Å². The average Bonchev–Trinajstić information content (AvgIpc) is 3.31. The Balaban J connectivity index is 1.63. The topological polar surface area (TPSA) is 102 Å². The van der Waals surface area contributed by atoms with Crippen LogP contribution in [0, 0.1) is 13.8 Å². The highest BCUT2D eigenvalue weighted by Crippen LogP contribution is 2.43. The third-order valence-electron chi connectivity index (χ3n) is 7.86. The molecule has 2 aliphatic rings. The number of pyridine rings is 1. The molecule has 1 aromatic carbocycles. The molecule has 8 heteroatoms. The molecule has 0 unspecified atom stereocenters. The predicted octanol–water partition coefficient (Wildman–Crippen LogP) is 6.46. The van der Waals surface area contributed by atoms with Crippen molar-refractivity contribution in [2.24, 2.45) is 0 Å². The Morgan fingerprint density at radius 1 is 1.08 bits per heavy atom. The highest BCUT2D eigenvalue weighted by Gasteiger charge is 2.48. The van der Waals surface area contributed by atoms with E-state index in [1.54, 1.807) is 4.57 Å². The van der Waals surface area contributed by atoms with Gasteiger partial charge in [0.1, 0.15) is 11.1 Å². The average molecular weight is 531 g/mol. The molecule has 2 N–H and O–H groups in total. The molecule has 0 bridgehead atoms. The van der Waals surface area contributed by atoms with Gasteiger partial charge in [0.05, 0.1) is 11.2 Å². The van der Waals surface area contributed by atoms with Crippen LogP contribution in [0.2, 0.25) is 0 Å². The minimum atomic E-state index is -0.787. The van der Waals surface area contributed by atoms with Gasteiger partial charge < -0.3 is 10.1 Å². The van der Waals surface area contributed by atoms with Crippen molar-refractivity contribution in [1.29, 1.82) is 0 Å². The van der Waals surface area contributed by atoms with E-state index in [1.165, 1.54) is 5.56 Å². The Kier molecular flexibility index (Phi) is 6.56. The zero-order valence-electron chi connectivity index (χ0n) is 23.9. The smallest absolute Gasteiger partial charge is 0.419 e. The number of urea groups is 1. The molecule has 3 amide bonds. The predicted molar refractivity (Wildman–Crippen MR) is 151 cm³/mol. The van der Waals surface area contributed by atoms with E-state index >= 15 is 0 Å². The minimum Gasteiger partial charge on any atom is -0.443 e. The number of imide groups is 1. The van der Waals surface area contributed by atoms with E-state index in [0.717, 1.165) is 52.0 Å². The maximum atomic E-state index is 13.7. The van der Waals surface area contributed by atoms with Crippen LogP contribution in [0.25, 0.3) is 22.2 Å². The number of fused-ring (bicyclic) bond motifs is 1. The zero-order chi connectivity index (χ0) is 28.3. The lowest BCUT2D eigenvalue weighted by Crippen LogP contribution is -2.49. The number of hydrogen-bond donors (Lipinski definition) is 2. The summed E-state index contributed by atoms with van der Waals surface area (Å²) in [6, 6.07) is 9.98. The fourth-order valence-corrected chi connectivity index (χ4v) is 6.25. The molecular formula is C31H38N4O4. The summed E-state index contributed by atoms with van der Waals surface area (Å²) >= 11 is 0. The number of nitrogens with one attached hydrogen (secondary N) is 2. The summed E-state index contributed by atoms with van der Waals surface area (Å²) in [5, 5.41) is 6.28. The van der Waals surface area contributed by atoms with Gasteiger partial charge >= 0.3 is 12.1 Å². The summed E-state index contributed by atoms with van der Waals surface area (Å²) in [7, 11) is 0. The quantitative estimate of drug-likeness (QED) is 0.378. The normalized spacial score (nSPS) is 21.5. The molecule has 2 fully saturated rings. The van der Waals surface area contributed by atoms with Crippen LogP contribution in [-0.2, 0) is 9.53 Å². The summed E-state index contributed by atoms with van der Waals surface area (Å²) in [6.45, 7) is 13.9. The molecule has 39 heavy (non-hydrogen) atoms. The highest BCUT2D eigenvalue weighted by atomic mass is 16.6. The van der Waals surface area contributed by atoms with Crippen LogP contribution in [0.15, 0.2) is 30.3 Å². The summed E-state index contributed by atoms with van der Waals surface area (Å²) in [6.07, 6.45) is 2.38. The Morgan fingerprint density at radius 2 is 1.72 bits per heavy atom. The van der Waals surface area contributed by atoms with E-state index in [2.05, 4.69) is 41.6 Å². The van der Waals surface area contributed by atoms with E-state index < -0.39 is 23.3 Å². The Labute approximate surface area is 229 Å². The van der Waals surface area contributed by atoms with Gasteiger partial charge in [-0.1, -0.05) is 19.9 Å². The first-order valence-corrected chi connectivity index (χ1v) is 13.8. The number of carbonyl (C=O) groups is 3. The Morgan fingerprint density at radius 3 is 2.26 bits per heavy atom. The van der Waals surface area contributed by atoms with Gasteiger partial charge in [0, 0.05) is 22.3 Å². The fraction of sp³-hybridized carbons (Fsp3) is 0.484. The number of ether oxygens (including phenoxy) is 1. The molecule has 3 aromatic rings. The lowest BCUT2D eigenvalue weighted by atomic mass is 9.74. The van der Waals surface area contributed by atoms with Crippen LogP contribution in [0.1, 0.15) is 94.7 Å². The van der Waals surface area contributed by atoms with Gasteiger partial charge in [0.2, 0.25) is 0 Å². The van der Waals surface area contributed by atoms with E-state index in [0.29, 0.717) is 12.8 Å². The number of carbonyl (C=O) groups excluding carboxylic acids is 3. The monoisotopic (exact) mass is 530 g/mol. The molecule has 1 aliphatic carbocycles. The van der Waals surface area contributed by atoms with Crippen molar-refractivity contribution >= 4 is 28.9 Å². The SMILES string of the molecule is Cc1cc(-c2c(C(C)C)c3cc(C4CCC5(CC4)NC(=O)NC5=O)ccc3n2C(=O)OC(C)(C)C)cc(C)n1. The van der Waals surface area contributed by atoms with Gasteiger partial charge in [-0.25, -0.2) is 14.2 Å². The number of aryl methyl sites for hydroxylation is 2. The highest BCUT2D eigenvalue weighted by molar-refractivity contribution is 6.07. The number of benzene rings is 1. The third kappa shape index (κ3) is 4.92. The summed E-state index contributed by atoms with van der Waals surface area (Å²) in [5.41, 5.74) is 5.21. The molecule has 5 rings (SSSR count). The molecule has 1 aliphatic heterocycles.